The van der Waals surface area contributed by atoms with E-state index in [9.17, 15) is 4.79 Å². The van der Waals surface area contributed by atoms with Crippen LogP contribution in [0.15, 0.2) is 24.3 Å². The van der Waals surface area contributed by atoms with Gasteiger partial charge >= 0.3 is 0 Å². The topological polar surface area (TPSA) is 35.5 Å². The number of hydrogen-bond donors (Lipinski definition) is 0. The zero-order chi connectivity index (χ0) is 11.1. The number of benzene rings is 1. The zero-order valence-corrected chi connectivity index (χ0v) is 8.90. The summed E-state index contributed by atoms with van der Waals surface area (Å²) in [6, 6.07) is 5.35. The second-order valence-electron chi connectivity index (χ2n) is 3.02. The summed E-state index contributed by atoms with van der Waals surface area (Å²) in [5.41, 5.74) is 1.53. The Bertz CT molecular complexity index is 356. The van der Waals surface area contributed by atoms with E-state index in [1.54, 1.807) is 26.4 Å². The van der Waals surface area contributed by atoms with Gasteiger partial charge in [0.2, 0.25) is 0 Å². The highest BCUT2D eigenvalue weighted by molar-refractivity contribution is 5.77. The monoisotopic (exact) mass is 206 g/mol. The third kappa shape index (κ3) is 3.56. The molecule has 0 aliphatic carbocycles. The lowest BCUT2D eigenvalue weighted by atomic mass is 10.1. The standard InChI is InChI=1S/C12H14O3/c1-14-5-3-4-10-6-11(9-13)8-12(7-10)15-2/h3-4,6-9H,5H2,1-2H3/b4-3+. The fraction of sp³-hybridized carbons (Fsp3) is 0.250. The van der Waals surface area contributed by atoms with Crippen LogP contribution in [0.2, 0.25) is 0 Å². The van der Waals surface area contributed by atoms with E-state index in [1.807, 2.05) is 18.2 Å². The van der Waals surface area contributed by atoms with Crippen molar-refractivity contribution in [3.8, 4) is 5.75 Å². The Balaban J connectivity index is 2.91. The van der Waals surface area contributed by atoms with Gasteiger partial charge < -0.3 is 9.47 Å². The van der Waals surface area contributed by atoms with Gasteiger partial charge in [0, 0.05) is 12.7 Å². The predicted octanol–water partition coefficient (Wildman–Crippen LogP) is 2.17. The first-order valence-corrected chi connectivity index (χ1v) is 4.60. The first kappa shape index (κ1) is 11.5. The Labute approximate surface area is 89.3 Å². The van der Waals surface area contributed by atoms with Crippen molar-refractivity contribution < 1.29 is 14.3 Å². The summed E-state index contributed by atoms with van der Waals surface area (Å²) in [6.07, 6.45) is 4.57. The number of ether oxygens (including phenoxy) is 2. The molecule has 0 aliphatic heterocycles. The fourth-order valence-corrected chi connectivity index (χ4v) is 1.21. The van der Waals surface area contributed by atoms with Gasteiger partial charge in [0.1, 0.15) is 12.0 Å². The molecule has 3 nitrogen and oxygen atoms in total. The first-order valence-electron chi connectivity index (χ1n) is 4.60. The number of carbonyl (C=O) groups is 1. The van der Waals surface area contributed by atoms with Crippen LogP contribution in [0.5, 0.6) is 5.75 Å². The molecule has 80 valence electrons. The molecular formula is C12H14O3. The molecule has 0 bridgehead atoms. The second-order valence-corrected chi connectivity index (χ2v) is 3.02. The van der Waals surface area contributed by atoms with Crippen molar-refractivity contribution >= 4 is 12.4 Å². The smallest absolute Gasteiger partial charge is 0.150 e. The highest BCUT2D eigenvalue weighted by Gasteiger charge is 1.97. The van der Waals surface area contributed by atoms with Gasteiger partial charge in [-0.3, -0.25) is 4.79 Å². The third-order valence-corrected chi connectivity index (χ3v) is 1.90. The summed E-state index contributed by atoms with van der Waals surface area (Å²) in [5, 5.41) is 0. The minimum atomic E-state index is 0.549. The zero-order valence-electron chi connectivity index (χ0n) is 8.90. The molecule has 0 amide bonds. The summed E-state index contributed by atoms with van der Waals surface area (Å²) in [7, 11) is 3.21. The first-order chi connectivity index (χ1) is 7.30. The maximum absolute atomic E-state index is 10.7. The van der Waals surface area contributed by atoms with Crippen molar-refractivity contribution in [3.63, 3.8) is 0 Å². The number of rotatable bonds is 5. The molecule has 1 aromatic carbocycles. The molecule has 0 aromatic heterocycles. The lowest BCUT2D eigenvalue weighted by Gasteiger charge is -2.02. The van der Waals surface area contributed by atoms with Crippen molar-refractivity contribution in [1.82, 2.24) is 0 Å². The number of hydrogen-bond acceptors (Lipinski definition) is 3. The number of aldehydes is 1. The predicted molar refractivity (Wildman–Crippen MR) is 59.3 cm³/mol. The average Bonchev–Trinajstić information content (AvgIpc) is 2.29. The van der Waals surface area contributed by atoms with Crippen LogP contribution in [0.25, 0.3) is 6.08 Å². The van der Waals surface area contributed by atoms with Gasteiger partial charge in [0.15, 0.2) is 0 Å². The van der Waals surface area contributed by atoms with Gasteiger partial charge in [-0.2, -0.15) is 0 Å². The molecule has 0 unspecified atom stereocenters. The summed E-state index contributed by atoms with van der Waals surface area (Å²) in [4.78, 5) is 10.7. The van der Waals surface area contributed by atoms with Crippen molar-refractivity contribution in [2.24, 2.45) is 0 Å². The minimum Gasteiger partial charge on any atom is -0.497 e. The summed E-state index contributed by atoms with van der Waals surface area (Å²) >= 11 is 0. The van der Waals surface area contributed by atoms with E-state index in [4.69, 9.17) is 9.47 Å². The summed E-state index contributed by atoms with van der Waals surface area (Å²) in [6.45, 7) is 0.549. The third-order valence-electron chi connectivity index (χ3n) is 1.90. The molecule has 3 heteroatoms. The van der Waals surface area contributed by atoms with E-state index in [-0.39, 0.29) is 0 Å². The largest absolute Gasteiger partial charge is 0.497 e. The fourth-order valence-electron chi connectivity index (χ4n) is 1.21. The van der Waals surface area contributed by atoms with Crippen LogP contribution < -0.4 is 4.74 Å². The molecule has 0 atom stereocenters. The van der Waals surface area contributed by atoms with Crippen molar-refractivity contribution in [1.29, 1.82) is 0 Å². The highest BCUT2D eigenvalue weighted by Crippen LogP contribution is 2.16. The molecular weight excluding hydrogens is 192 g/mol. The molecule has 1 rings (SSSR count). The molecule has 15 heavy (non-hydrogen) atoms. The Hall–Kier alpha value is -1.61. The molecule has 0 saturated carbocycles. The lowest BCUT2D eigenvalue weighted by Crippen LogP contribution is -1.88. The highest BCUT2D eigenvalue weighted by atomic mass is 16.5. The Morgan fingerprint density at radius 2 is 1.93 bits per heavy atom. The maximum Gasteiger partial charge on any atom is 0.150 e. The van der Waals surface area contributed by atoms with Crippen LogP contribution in [0, 0.1) is 0 Å². The number of methoxy groups -OCH3 is 2. The van der Waals surface area contributed by atoms with Crippen molar-refractivity contribution in [2.75, 3.05) is 20.8 Å². The van der Waals surface area contributed by atoms with Crippen molar-refractivity contribution in [2.45, 2.75) is 0 Å². The van der Waals surface area contributed by atoms with Gasteiger partial charge in [-0.15, -0.1) is 0 Å². The van der Waals surface area contributed by atoms with Gasteiger partial charge in [0.05, 0.1) is 13.7 Å². The van der Waals surface area contributed by atoms with Crippen LogP contribution in [0.1, 0.15) is 15.9 Å². The van der Waals surface area contributed by atoms with Crippen LogP contribution in [-0.2, 0) is 4.74 Å². The van der Waals surface area contributed by atoms with E-state index >= 15 is 0 Å². The average molecular weight is 206 g/mol. The van der Waals surface area contributed by atoms with Crippen LogP contribution in [0.4, 0.5) is 0 Å². The molecule has 0 N–H and O–H groups in total. The van der Waals surface area contributed by atoms with E-state index in [2.05, 4.69) is 0 Å². The normalized spacial score (nSPS) is 10.5. The Morgan fingerprint density at radius 3 is 2.53 bits per heavy atom. The Morgan fingerprint density at radius 1 is 1.20 bits per heavy atom. The van der Waals surface area contributed by atoms with E-state index in [1.165, 1.54) is 0 Å². The molecule has 1 aromatic rings. The van der Waals surface area contributed by atoms with Gasteiger partial charge in [0.25, 0.3) is 0 Å². The molecule has 0 aliphatic rings. The van der Waals surface area contributed by atoms with Crippen LogP contribution in [-0.4, -0.2) is 27.1 Å². The molecule has 0 spiro atoms. The molecule has 0 radical (unpaired) electrons. The maximum atomic E-state index is 10.7. The minimum absolute atomic E-state index is 0.549. The van der Waals surface area contributed by atoms with Crippen molar-refractivity contribution in [3.05, 3.63) is 35.4 Å². The summed E-state index contributed by atoms with van der Waals surface area (Å²) in [5.74, 6) is 0.677. The van der Waals surface area contributed by atoms with E-state index in [0.717, 1.165) is 11.8 Å². The van der Waals surface area contributed by atoms with Gasteiger partial charge in [-0.05, 0) is 23.8 Å². The van der Waals surface area contributed by atoms with Crippen LogP contribution in [0.3, 0.4) is 0 Å². The molecule has 0 saturated heterocycles. The van der Waals surface area contributed by atoms with Gasteiger partial charge in [-0.25, -0.2) is 0 Å². The van der Waals surface area contributed by atoms with E-state index in [0.29, 0.717) is 17.9 Å². The SMILES string of the molecule is COC/C=C/c1cc(C=O)cc(OC)c1. The van der Waals surface area contributed by atoms with E-state index < -0.39 is 0 Å². The number of carbonyl (C=O) groups excluding carboxylic acids is 1. The Kier molecular flexibility index (Phi) is 4.57. The summed E-state index contributed by atoms with van der Waals surface area (Å²) < 4.78 is 9.97. The second kappa shape index (κ2) is 5.98. The quantitative estimate of drug-likeness (QED) is 0.692. The molecule has 0 heterocycles. The van der Waals surface area contributed by atoms with Crippen LogP contribution >= 0.6 is 0 Å². The lowest BCUT2D eigenvalue weighted by molar-refractivity contribution is 0.112. The molecule has 0 fully saturated rings. The van der Waals surface area contributed by atoms with Gasteiger partial charge in [-0.1, -0.05) is 12.2 Å².